The van der Waals surface area contributed by atoms with Crippen LogP contribution in [0.15, 0.2) is 29.2 Å². The average molecular weight is 296 g/mol. The Balaban J connectivity index is 1.61. The minimum atomic E-state index is -0.229. The van der Waals surface area contributed by atoms with Gasteiger partial charge in [0.25, 0.3) is 0 Å². The molecule has 2 rings (SSSR count). The summed E-state index contributed by atoms with van der Waals surface area (Å²) in [5.41, 5.74) is 0. The minimum Gasteiger partial charge on any atom is -0.355 e. The zero-order valence-electron chi connectivity index (χ0n) is 11.8. The van der Waals surface area contributed by atoms with Gasteiger partial charge in [-0.3, -0.25) is 4.79 Å². The molecular weight excluding hydrogens is 275 g/mol. The number of likely N-dealkylation sites (N-methyl/N-ethyl adjacent to an activating group) is 1. The van der Waals surface area contributed by atoms with Gasteiger partial charge in [-0.1, -0.05) is 0 Å². The number of nitrogens with one attached hydrogen (secondary N) is 1. The third kappa shape index (κ3) is 4.80. The van der Waals surface area contributed by atoms with Crippen LogP contribution >= 0.6 is 11.8 Å². The number of thioether (sulfide) groups is 1. The molecule has 0 aromatic heterocycles. The highest BCUT2D eigenvalue weighted by molar-refractivity contribution is 7.99. The standard InChI is InChI=1S/C15H21FN2OS/c1-18-9-2-3-13(18)11-17-15(19)8-10-20-14-6-4-12(16)5-7-14/h4-7,13H,2-3,8-11H2,1H3,(H,17,19)/t13-/m1/s1. The SMILES string of the molecule is CN1CCC[C@@H]1CNC(=O)CCSc1ccc(F)cc1. The van der Waals surface area contributed by atoms with Gasteiger partial charge in [0.05, 0.1) is 0 Å². The number of carbonyl (C=O) groups excluding carboxylic acids is 1. The van der Waals surface area contributed by atoms with Gasteiger partial charge in [-0.25, -0.2) is 4.39 Å². The Morgan fingerprint density at radius 3 is 2.85 bits per heavy atom. The lowest BCUT2D eigenvalue weighted by molar-refractivity contribution is -0.120. The van der Waals surface area contributed by atoms with Crippen LogP contribution in [0.4, 0.5) is 4.39 Å². The monoisotopic (exact) mass is 296 g/mol. The average Bonchev–Trinajstić information content (AvgIpc) is 2.84. The minimum absolute atomic E-state index is 0.0971. The predicted octanol–water partition coefficient (Wildman–Crippen LogP) is 2.52. The topological polar surface area (TPSA) is 32.3 Å². The van der Waals surface area contributed by atoms with Crippen molar-refractivity contribution in [2.24, 2.45) is 0 Å². The molecule has 3 nitrogen and oxygen atoms in total. The van der Waals surface area contributed by atoms with Crippen LogP contribution in [0.1, 0.15) is 19.3 Å². The Bertz CT molecular complexity index is 438. The van der Waals surface area contributed by atoms with Crippen molar-refractivity contribution < 1.29 is 9.18 Å². The predicted molar refractivity (Wildman–Crippen MR) is 80.4 cm³/mol. The molecule has 1 aliphatic heterocycles. The van der Waals surface area contributed by atoms with Crippen LogP contribution in [-0.4, -0.2) is 42.7 Å². The second-order valence-electron chi connectivity index (χ2n) is 5.13. The molecule has 1 saturated heterocycles. The lowest BCUT2D eigenvalue weighted by Gasteiger charge is -2.19. The second-order valence-corrected chi connectivity index (χ2v) is 6.30. The molecular formula is C15H21FN2OS. The summed E-state index contributed by atoms with van der Waals surface area (Å²) >= 11 is 1.58. The number of rotatable bonds is 6. The highest BCUT2D eigenvalue weighted by atomic mass is 32.2. The molecule has 1 fully saturated rings. The Morgan fingerprint density at radius 1 is 1.45 bits per heavy atom. The molecule has 20 heavy (non-hydrogen) atoms. The molecule has 1 heterocycles. The van der Waals surface area contributed by atoms with Gasteiger partial charge in [0.1, 0.15) is 5.82 Å². The van der Waals surface area contributed by atoms with E-state index in [4.69, 9.17) is 0 Å². The van der Waals surface area contributed by atoms with E-state index in [1.807, 2.05) is 0 Å². The van der Waals surface area contributed by atoms with Crippen molar-refractivity contribution in [2.75, 3.05) is 25.9 Å². The highest BCUT2D eigenvalue weighted by Crippen LogP contribution is 2.19. The van der Waals surface area contributed by atoms with E-state index in [1.54, 1.807) is 23.9 Å². The smallest absolute Gasteiger partial charge is 0.220 e. The first-order valence-corrected chi connectivity index (χ1v) is 7.99. The second kappa shape index (κ2) is 7.64. The third-order valence-corrected chi connectivity index (χ3v) is 4.63. The van der Waals surface area contributed by atoms with Crippen LogP contribution < -0.4 is 5.32 Å². The number of hydrogen-bond donors (Lipinski definition) is 1. The Labute approximate surface area is 123 Å². The van der Waals surface area contributed by atoms with Crippen molar-refractivity contribution in [3.05, 3.63) is 30.1 Å². The molecule has 1 N–H and O–H groups in total. The van der Waals surface area contributed by atoms with Gasteiger partial charge in [0.15, 0.2) is 0 Å². The Hall–Kier alpha value is -1.07. The summed E-state index contributed by atoms with van der Waals surface area (Å²) in [6, 6.07) is 6.86. The van der Waals surface area contributed by atoms with Crippen molar-refractivity contribution in [1.82, 2.24) is 10.2 Å². The van der Waals surface area contributed by atoms with Crippen LogP contribution in [0, 0.1) is 5.82 Å². The fourth-order valence-corrected chi connectivity index (χ4v) is 3.20. The number of benzene rings is 1. The Morgan fingerprint density at radius 2 is 2.20 bits per heavy atom. The number of likely N-dealkylation sites (tertiary alicyclic amines) is 1. The fourth-order valence-electron chi connectivity index (χ4n) is 2.35. The molecule has 0 saturated carbocycles. The molecule has 1 aliphatic rings. The van der Waals surface area contributed by atoms with E-state index in [9.17, 15) is 9.18 Å². The molecule has 0 bridgehead atoms. The molecule has 1 aromatic rings. The molecule has 1 aromatic carbocycles. The number of amides is 1. The quantitative estimate of drug-likeness (QED) is 0.819. The summed E-state index contributed by atoms with van der Waals surface area (Å²) in [6.07, 6.45) is 2.89. The maximum atomic E-state index is 12.7. The van der Waals surface area contributed by atoms with Crippen LogP contribution in [-0.2, 0) is 4.79 Å². The van der Waals surface area contributed by atoms with Crippen molar-refractivity contribution in [3.8, 4) is 0 Å². The fraction of sp³-hybridized carbons (Fsp3) is 0.533. The largest absolute Gasteiger partial charge is 0.355 e. The van der Waals surface area contributed by atoms with Gasteiger partial charge < -0.3 is 10.2 Å². The van der Waals surface area contributed by atoms with Gasteiger partial charge in [-0.05, 0) is 50.7 Å². The molecule has 1 atom stereocenters. The van der Waals surface area contributed by atoms with Gasteiger partial charge in [0.2, 0.25) is 5.91 Å². The molecule has 0 spiro atoms. The van der Waals surface area contributed by atoms with E-state index >= 15 is 0 Å². The number of carbonyl (C=O) groups is 1. The zero-order valence-corrected chi connectivity index (χ0v) is 12.6. The van der Waals surface area contributed by atoms with Crippen molar-refractivity contribution in [1.29, 1.82) is 0 Å². The lowest BCUT2D eigenvalue weighted by atomic mass is 10.2. The maximum absolute atomic E-state index is 12.7. The van der Waals surface area contributed by atoms with Crippen molar-refractivity contribution >= 4 is 17.7 Å². The zero-order chi connectivity index (χ0) is 14.4. The molecule has 5 heteroatoms. The summed E-state index contributed by atoms with van der Waals surface area (Å²) in [6.45, 7) is 1.87. The number of nitrogens with zero attached hydrogens (tertiary/aromatic N) is 1. The summed E-state index contributed by atoms with van der Waals surface area (Å²) < 4.78 is 12.7. The van der Waals surface area contributed by atoms with Gasteiger partial charge in [-0.15, -0.1) is 11.8 Å². The summed E-state index contributed by atoms with van der Waals surface area (Å²) in [7, 11) is 2.11. The first-order valence-electron chi connectivity index (χ1n) is 7.00. The van der Waals surface area contributed by atoms with E-state index in [1.165, 1.54) is 25.0 Å². The first-order chi connectivity index (χ1) is 9.65. The highest BCUT2D eigenvalue weighted by Gasteiger charge is 2.20. The van der Waals surface area contributed by atoms with Gasteiger partial charge in [-0.2, -0.15) is 0 Å². The van der Waals surface area contributed by atoms with E-state index in [0.717, 1.165) is 23.7 Å². The van der Waals surface area contributed by atoms with Crippen LogP contribution in [0.25, 0.3) is 0 Å². The first kappa shape index (κ1) is 15.3. The summed E-state index contributed by atoms with van der Waals surface area (Å²) in [5.74, 6) is 0.588. The van der Waals surface area contributed by atoms with E-state index in [-0.39, 0.29) is 11.7 Å². The van der Waals surface area contributed by atoms with E-state index in [2.05, 4.69) is 17.3 Å². The van der Waals surface area contributed by atoms with Crippen molar-refractivity contribution in [2.45, 2.75) is 30.2 Å². The van der Waals surface area contributed by atoms with E-state index in [0.29, 0.717) is 12.5 Å². The third-order valence-electron chi connectivity index (χ3n) is 3.62. The summed E-state index contributed by atoms with van der Waals surface area (Å²) in [5, 5.41) is 3.00. The molecule has 0 aliphatic carbocycles. The maximum Gasteiger partial charge on any atom is 0.220 e. The lowest BCUT2D eigenvalue weighted by Crippen LogP contribution is -2.38. The van der Waals surface area contributed by atoms with E-state index < -0.39 is 0 Å². The van der Waals surface area contributed by atoms with Crippen LogP contribution in [0.2, 0.25) is 0 Å². The molecule has 1 amide bonds. The van der Waals surface area contributed by atoms with Crippen molar-refractivity contribution in [3.63, 3.8) is 0 Å². The Kier molecular flexibility index (Phi) is 5.86. The van der Waals surface area contributed by atoms with Gasteiger partial charge in [0, 0.05) is 29.7 Å². The number of halogens is 1. The number of hydrogen-bond acceptors (Lipinski definition) is 3. The summed E-state index contributed by atoms with van der Waals surface area (Å²) in [4.78, 5) is 15.0. The van der Waals surface area contributed by atoms with Gasteiger partial charge >= 0.3 is 0 Å². The normalized spacial score (nSPS) is 19.2. The molecule has 0 radical (unpaired) electrons. The van der Waals surface area contributed by atoms with Crippen LogP contribution in [0.3, 0.4) is 0 Å². The van der Waals surface area contributed by atoms with Crippen LogP contribution in [0.5, 0.6) is 0 Å². The molecule has 110 valence electrons. The molecule has 0 unspecified atom stereocenters.